The van der Waals surface area contributed by atoms with Crippen LogP contribution < -0.4 is 14.8 Å². The molecule has 1 N–H and O–H groups in total. The Balaban J connectivity index is 2.18. The minimum absolute atomic E-state index is 0.0910. The van der Waals surface area contributed by atoms with E-state index in [1.165, 1.54) is 11.0 Å². The molecule has 9 heteroatoms. The Hall–Kier alpha value is -2.45. The van der Waals surface area contributed by atoms with Crippen molar-refractivity contribution in [2.24, 2.45) is 7.05 Å². The first-order valence-corrected chi connectivity index (χ1v) is 6.37. The van der Waals surface area contributed by atoms with E-state index in [1.54, 1.807) is 7.05 Å². The molecule has 9 nitrogen and oxygen atoms in total. The van der Waals surface area contributed by atoms with Gasteiger partial charge in [-0.25, -0.2) is 0 Å². The van der Waals surface area contributed by atoms with Crippen molar-refractivity contribution in [3.8, 4) is 18.0 Å². The number of hydrogen-bond acceptors (Lipinski definition) is 8. The molecule has 0 aliphatic heterocycles. The van der Waals surface area contributed by atoms with E-state index in [1.807, 2.05) is 13.8 Å². The molecular weight excluding hydrogens is 262 g/mol. The summed E-state index contributed by atoms with van der Waals surface area (Å²) in [4.78, 5) is 16.2. The van der Waals surface area contributed by atoms with Crippen LogP contribution in [0.1, 0.15) is 20.3 Å². The molecule has 0 aliphatic rings. The van der Waals surface area contributed by atoms with Gasteiger partial charge in [0.15, 0.2) is 0 Å². The Bertz CT molecular complexity index is 557. The topological polar surface area (TPSA) is 99.9 Å². The second-order valence-electron chi connectivity index (χ2n) is 3.89. The van der Waals surface area contributed by atoms with Crippen LogP contribution in [0, 0.1) is 0 Å². The first kappa shape index (κ1) is 14.0. The molecule has 2 heterocycles. The number of ether oxygens (including phenoxy) is 2. The standard InChI is InChI=1S/C11H17N7O2/c1-4-6-12-8-14-10(19-5-2)16-11(15-8)20-9-13-7-18(3)17-9/h7H,4-6H2,1-3H3,(H,12,14,15,16). The van der Waals surface area contributed by atoms with Crippen LogP contribution in [0.2, 0.25) is 0 Å². The van der Waals surface area contributed by atoms with E-state index >= 15 is 0 Å². The number of nitrogens with zero attached hydrogens (tertiary/aromatic N) is 6. The lowest BCUT2D eigenvalue weighted by Gasteiger charge is -2.07. The zero-order chi connectivity index (χ0) is 14.4. The SMILES string of the molecule is CCCNc1nc(OCC)nc(Oc2ncn(C)n2)n1. The molecule has 2 rings (SSSR count). The van der Waals surface area contributed by atoms with Gasteiger partial charge in [-0.1, -0.05) is 6.92 Å². The van der Waals surface area contributed by atoms with Crippen LogP contribution in [0.3, 0.4) is 0 Å². The van der Waals surface area contributed by atoms with Gasteiger partial charge in [-0.2, -0.15) is 15.0 Å². The molecule has 0 aromatic carbocycles. The maximum absolute atomic E-state index is 5.38. The second kappa shape index (κ2) is 6.64. The summed E-state index contributed by atoms with van der Waals surface area (Å²) in [6.45, 7) is 5.10. The van der Waals surface area contributed by atoms with E-state index in [-0.39, 0.29) is 18.0 Å². The largest absolute Gasteiger partial charge is 0.464 e. The predicted molar refractivity (Wildman–Crippen MR) is 70.9 cm³/mol. The zero-order valence-electron chi connectivity index (χ0n) is 11.7. The van der Waals surface area contributed by atoms with Gasteiger partial charge in [0.2, 0.25) is 5.95 Å². The van der Waals surface area contributed by atoms with Crippen molar-refractivity contribution in [1.29, 1.82) is 0 Å². The van der Waals surface area contributed by atoms with Gasteiger partial charge in [0.25, 0.3) is 0 Å². The molecule has 0 atom stereocenters. The average Bonchev–Trinajstić information content (AvgIpc) is 2.82. The molecule has 20 heavy (non-hydrogen) atoms. The summed E-state index contributed by atoms with van der Waals surface area (Å²) >= 11 is 0. The minimum Gasteiger partial charge on any atom is -0.464 e. The predicted octanol–water partition coefficient (Wildman–Crippen LogP) is 1.01. The summed E-state index contributed by atoms with van der Waals surface area (Å²) in [7, 11) is 1.74. The van der Waals surface area contributed by atoms with Gasteiger partial charge in [-0.15, -0.1) is 10.1 Å². The molecule has 0 unspecified atom stereocenters. The van der Waals surface area contributed by atoms with Gasteiger partial charge in [-0.3, -0.25) is 4.68 Å². The van der Waals surface area contributed by atoms with Crippen LogP contribution in [-0.4, -0.2) is 42.9 Å². The smallest absolute Gasteiger partial charge is 0.343 e. The summed E-state index contributed by atoms with van der Waals surface area (Å²) in [5.41, 5.74) is 0. The van der Waals surface area contributed by atoms with Crippen LogP contribution in [0.5, 0.6) is 18.0 Å². The van der Waals surface area contributed by atoms with E-state index < -0.39 is 0 Å². The lowest BCUT2D eigenvalue weighted by atomic mass is 10.5. The van der Waals surface area contributed by atoms with Crippen molar-refractivity contribution in [2.75, 3.05) is 18.5 Å². The van der Waals surface area contributed by atoms with Crippen molar-refractivity contribution in [1.82, 2.24) is 29.7 Å². The molecule has 0 spiro atoms. The number of rotatable bonds is 7. The van der Waals surface area contributed by atoms with Gasteiger partial charge in [0.05, 0.1) is 6.61 Å². The second-order valence-corrected chi connectivity index (χ2v) is 3.89. The zero-order valence-corrected chi connectivity index (χ0v) is 11.7. The van der Waals surface area contributed by atoms with Crippen LogP contribution in [-0.2, 0) is 7.05 Å². The van der Waals surface area contributed by atoms with Crippen LogP contribution >= 0.6 is 0 Å². The molecule has 0 saturated heterocycles. The first-order valence-electron chi connectivity index (χ1n) is 6.37. The maximum atomic E-state index is 5.38. The van der Waals surface area contributed by atoms with Crippen molar-refractivity contribution in [3.05, 3.63) is 6.33 Å². The molecule has 0 saturated carbocycles. The van der Waals surface area contributed by atoms with Crippen molar-refractivity contribution < 1.29 is 9.47 Å². The molecule has 0 aliphatic carbocycles. The average molecular weight is 279 g/mol. The van der Waals surface area contributed by atoms with Crippen molar-refractivity contribution >= 4 is 5.95 Å². The molecule has 0 bridgehead atoms. The molecule has 0 amide bonds. The third kappa shape index (κ3) is 3.77. The van der Waals surface area contributed by atoms with Gasteiger partial charge in [0, 0.05) is 13.6 Å². The first-order chi connectivity index (χ1) is 9.71. The Morgan fingerprint density at radius 1 is 1.15 bits per heavy atom. The Labute approximate surface area is 116 Å². The van der Waals surface area contributed by atoms with Gasteiger partial charge < -0.3 is 14.8 Å². The van der Waals surface area contributed by atoms with E-state index in [9.17, 15) is 0 Å². The molecule has 0 radical (unpaired) electrons. The highest BCUT2D eigenvalue weighted by atomic mass is 16.5. The maximum Gasteiger partial charge on any atom is 0.343 e. The monoisotopic (exact) mass is 279 g/mol. The number of aryl methyl sites for hydroxylation is 1. The van der Waals surface area contributed by atoms with Crippen molar-refractivity contribution in [3.63, 3.8) is 0 Å². The molecular formula is C11H17N7O2. The molecule has 108 valence electrons. The van der Waals surface area contributed by atoms with E-state index in [2.05, 4.69) is 30.4 Å². The highest BCUT2D eigenvalue weighted by molar-refractivity contribution is 5.27. The number of nitrogens with one attached hydrogen (secondary N) is 1. The molecule has 2 aromatic heterocycles. The van der Waals surface area contributed by atoms with Crippen molar-refractivity contribution in [2.45, 2.75) is 20.3 Å². The Morgan fingerprint density at radius 2 is 1.95 bits per heavy atom. The third-order valence-electron chi connectivity index (χ3n) is 2.16. The summed E-state index contributed by atoms with van der Waals surface area (Å²) in [6, 6.07) is 0.461. The quantitative estimate of drug-likeness (QED) is 0.801. The fourth-order valence-electron chi connectivity index (χ4n) is 1.34. The minimum atomic E-state index is 0.0910. The summed E-state index contributed by atoms with van der Waals surface area (Å²) in [5.74, 6) is 0.399. The fraction of sp³-hybridized carbons (Fsp3) is 0.545. The highest BCUT2D eigenvalue weighted by Gasteiger charge is 2.11. The van der Waals surface area contributed by atoms with E-state index in [0.29, 0.717) is 12.6 Å². The summed E-state index contributed by atoms with van der Waals surface area (Å²) < 4.78 is 12.2. The molecule has 2 aromatic rings. The van der Waals surface area contributed by atoms with E-state index in [0.717, 1.165) is 13.0 Å². The van der Waals surface area contributed by atoms with Gasteiger partial charge >= 0.3 is 18.0 Å². The lowest BCUT2D eigenvalue weighted by molar-refractivity contribution is 0.301. The number of anilines is 1. The van der Waals surface area contributed by atoms with E-state index in [4.69, 9.17) is 9.47 Å². The Morgan fingerprint density at radius 3 is 2.60 bits per heavy atom. The van der Waals surface area contributed by atoms with Crippen LogP contribution in [0.15, 0.2) is 6.33 Å². The third-order valence-corrected chi connectivity index (χ3v) is 2.16. The number of aromatic nitrogens is 6. The van der Waals surface area contributed by atoms with Crippen LogP contribution in [0.25, 0.3) is 0 Å². The normalized spacial score (nSPS) is 10.3. The Kier molecular flexibility index (Phi) is 4.64. The number of hydrogen-bond donors (Lipinski definition) is 1. The summed E-state index contributed by atoms with van der Waals surface area (Å²) in [5, 5.41) is 7.05. The summed E-state index contributed by atoms with van der Waals surface area (Å²) in [6.07, 6.45) is 2.48. The molecule has 0 fully saturated rings. The fourth-order valence-corrected chi connectivity index (χ4v) is 1.34. The highest BCUT2D eigenvalue weighted by Crippen LogP contribution is 2.17. The van der Waals surface area contributed by atoms with Gasteiger partial charge in [-0.05, 0) is 13.3 Å². The van der Waals surface area contributed by atoms with Crippen LogP contribution in [0.4, 0.5) is 5.95 Å². The lowest BCUT2D eigenvalue weighted by Crippen LogP contribution is -2.08. The van der Waals surface area contributed by atoms with Gasteiger partial charge in [0.1, 0.15) is 6.33 Å².